The number of ether oxygens (including phenoxy) is 1. The van der Waals surface area contributed by atoms with Crippen molar-refractivity contribution in [3.63, 3.8) is 0 Å². The van der Waals surface area contributed by atoms with Crippen LogP contribution < -0.4 is 0 Å². The molecule has 3 nitrogen and oxygen atoms in total. The SMILES string of the molecule is CC(=O)CC[C@H]1[C@H]2C[C@H]3[C@H](C[C@]21C)OC(=O)[C@@H]3C. The highest BCUT2D eigenvalue weighted by Gasteiger charge is 2.66. The molecule has 0 spiro atoms. The number of carbonyl (C=O) groups is 2. The molecule has 1 aliphatic heterocycles. The number of rotatable bonds is 3. The predicted octanol–water partition coefficient (Wildman–Crippen LogP) is 2.58. The molecule has 2 aliphatic carbocycles. The summed E-state index contributed by atoms with van der Waals surface area (Å²) in [5.74, 6) is 2.19. The lowest BCUT2D eigenvalue weighted by molar-refractivity contribution is -0.144. The standard InChI is InChI=1S/C15H22O3/c1-8(16)4-5-11-12-6-10-9(2)14(17)18-13(10)7-15(11,12)3/h9-13H,4-7H2,1-3H3/t9-,10-,11+,12-,13+,15+/m1/s1. The molecule has 3 fully saturated rings. The van der Waals surface area contributed by atoms with E-state index >= 15 is 0 Å². The minimum Gasteiger partial charge on any atom is -0.462 e. The molecule has 0 bridgehead atoms. The smallest absolute Gasteiger partial charge is 0.309 e. The highest BCUT2D eigenvalue weighted by atomic mass is 16.6. The first-order valence-electron chi connectivity index (χ1n) is 7.13. The number of hydrogen-bond donors (Lipinski definition) is 0. The van der Waals surface area contributed by atoms with Crippen molar-refractivity contribution in [2.75, 3.05) is 0 Å². The molecule has 2 saturated carbocycles. The molecule has 3 heteroatoms. The van der Waals surface area contributed by atoms with Gasteiger partial charge in [0.05, 0.1) is 5.92 Å². The van der Waals surface area contributed by atoms with Gasteiger partial charge in [-0.15, -0.1) is 0 Å². The van der Waals surface area contributed by atoms with E-state index in [1.165, 1.54) is 0 Å². The highest BCUT2D eigenvalue weighted by molar-refractivity contribution is 5.75. The van der Waals surface area contributed by atoms with Crippen LogP contribution in [0.2, 0.25) is 0 Å². The molecule has 3 aliphatic rings. The average Bonchev–Trinajstić information content (AvgIpc) is 2.77. The van der Waals surface area contributed by atoms with Crippen LogP contribution in [-0.2, 0) is 14.3 Å². The van der Waals surface area contributed by atoms with Gasteiger partial charge in [0.1, 0.15) is 11.9 Å². The second kappa shape index (κ2) is 3.82. The van der Waals surface area contributed by atoms with Gasteiger partial charge in [0.2, 0.25) is 0 Å². The van der Waals surface area contributed by atoms with Crippen molar-refractivity contribution in [1.29, 1.82) is 0 Å². The summed E-state index contributed by atoms with van der Waals surface area (Å²) in [4.78, 5) is 22.7. The van der Waals surface area contributed by atoms with Gasteiger partial charge in [-0.2, -0.15) is 0 Å². The molecule has 0 aromatic carbocycles. The van der Waals surface area contributed by atoms with Gasteiger partial charge in [-0.05, 0) is 43.4 Å². The third-order valence-corrected chi connectivity index (χ3v) is 5.80. The summed E-state index contributed by atoms with van der Waals surface area (Å²) in [5, 5.41) is 0. The lowest BCUT2D eigenvalue weighted by atomic mass is 9.77. The van der Waals surface area contributed by atoms with Crippen LogP contribution in [0.4, 0.5) is 0 Å². The number of Topliss-reactive ketones (excluding diaryl/α,β-unsaturated/α-hetero) is 1. The maximum atomic E-state index is 11.6. The Kier molecular flexibility index (Phi) is 2.58. The number of carbonyl (C=O) groups excluding carboxylic acids is 2. The lowest BCUT2D eigenvalue weighted by Crippen LogP contribution is -2.28. The van der Waals surface area contributed by atoms with Crippen LogP contribution in [0.25, 0.3) is 0 Å². The van der Waals surface area contributed by atoms with E-state index in [1.54, 1.807) is 6.92 Å². The van der Waals surface area contributed by atoms with Crippen molar-refractivity contribution in [2.24, 2.45) is 29.1 Å². The fourth-order valence-corrected chi connectivity index (χ4v) is 4.51. The van der Waals surface area contributed by atoms with Gasteiger partial charge in [0.25, 0.3) is 0 Å². The molecule has 1 saturated heterocycles. The summed E-state index contributed by atoms with van der Waals surface area (Å²) in [6.45, 7) is 5.99. The number of fused-ring (bicyclic) bond motifs is 2. The summed E-state index contributed by atoms with van der Waals surface area (Å²) in [7, 11) is 0. The Hall–Kier alpha value is -0.860. The van der Waals surface area contributed by atoms with Gasteiger partial charge in [0, 0.05) is 12.3 Å². The van der Waals surface area contributed by atoms with Crippen LogP contribution in [0.3, 0.4) is 0 Å². The first-order chi connectivity index (χ1) is 8.43. The Morgan fingerprint density at radius 2 is 2.22 bits per heavy atom. The van der Waals surface area contributed by atoms with E-state index in [9.17, 15) is 9.59 Å². The fourth-order valence-electron chi connectivity index (χ4n) is 4.51. The average molecular weight is 250 g/mol. The predicted molar refractivity (Wildman–Crippen MR) is 66.8 cm³/mol. The molecule has 0 unspecified atom stereocenters. The normalized spacial score (nSPS) is 49.3. The van der Waals surface area contributed by atoms with Gasteiger partial charge in [-0.3, -0.25) is 4.79 Å². The maximum absolute atomic E-state index is 11.6. The van der Waals surface area contributed by atoms with Crippen LogP contribution in [0, 0.1) is 29.1 Å². The van der Waals surface area contributed by atoms with Gasteiger partial charge >= 0.3 is 5.97 Å². The fraction of sp³-hybridized carbons (Fsp3) is 0.867. The third kappa shape index (κ3) is 1.63. The Bertz CT molecular complexity index is 403. The molecule has 100 valence electrons. The first kappa shape index (κ1) is 12.2. The van der Waals surface area contributed by atoms with Crippen LogP contribution in [0.5, 0.6) is 0 Å². The third-order valence-electron chi connectivity index (χ3n) is 5.80. The molecule has 1 heterocycles. The summed E-state index contributed by atoms with van der Waals surface area (Å²) in [6.07, 6.45) is 4.02. The van der Waals surface area contributed by atoms with E-state index in [0.717, 1.165) is 25.2 Å². The highest BCUT2D eigenvalue weighted by Crippen LogP contribution is 2.70. The number of hydrogen-bond acceptors (Lipinski definition) is 3. The van der Waals surface area contributed by atoms with Crippen LogP contribution in [0.15, 0.2) is 0 Å². The van der Waals surface area contributed by atoms with Gasteiger partial charge in [0.15, 0.2) is 0 Å². The molecule has 6 atom stereocenters. The molecular formula is C15H22O3. The summed E-state index contributed by atoms with van der Waals surface area (Å²) >= 11 is 0. The molecule has 0 aromatic heterocycles. The molecule has 0 radical (unpaired) electrons. The zero-order valence-corrected chi connectivity index (χ0v) is 11.4. The second-order valence-electron chi connectivity index (χ2n) is 6.83. The van der Waals surface area contributed by atoms with Crippen LogP contribution >= 0.6 is 0 Å². The van der Waals surface area contributed by atoms with E-state index in [4.69, 9.17) is 4.74 Å². The Labute approximate surface area is 108 Å². The second-order valence-corrected chi connectivity index (χ2v) is 6.83. The minimum absolute atomic E-state index is 0.00446. The van der Waals surface area contributed by atoms with Gasteiger partial charge < -0.3 is 9.53 Å². The van der Waals surface area contributed by atoms with E-state index < -0.39 is 0 Å². The lowest BCUT2D eigenvalue weighted by Gasteiger charge is -2.28. The quantitative estimate of drug-likeness (QED) is 0.723. The van der Waals surface area contributed by atoms with Crippen molar-refractivity contribution < 1.29 is 14.3 Å². The maximum Gasteiger partial charge on any atom is 0.309 e. The summed E-state index contributed by atoms with van der Waals surface area (Å²) in [5.41, 5.74) is 0.334. The van der Waals surface area contributed by atoms with Crippen molar-refractivity contribution in [2.45, 2.75) is 52.6 Å². The van der Waals surface area contributed by atoms with Crippen molar-refractivity contribution >= 4 is 11.8 Å². The van der Waals surface area contributed by atoms with Crippen molar-refractivity contribution in [1.82, 2.24) is 0 Å². The van der Waals surface area contributed by atoms with Crippen molar-refractivity contribution in [3.8, 4) is 0 Å². The first-order valence-corrected chi connectivity index (χ1v) is 7.13. The van der Waals surface area contributed by atoms with Crippen LogP contribution in [0.1, 0.15) is 46.5 Å². The van der Waals surface area contributed by atoms with E-state index in [2.05, 4.69) is 6.92 Å². The summed E-state index contributed by atoms with van der Waals surface area (Å²) < 4.78 is 5.51. The molecule has 0 amide bonds. The molecule has 0 aromatic rings. The topological polar surface area (TPSA) is 43.4 Å². The Morgan fingerprint density at radius 1 is 1.50 bits per heavy atom. The van der Waals surface area contributed by atoms with Crippen LogP contribution in [-0.4, -0.2) is 17.9 Å². The number of esters is 1. The van der Waals surface area contributed by atoms with Gasteiger partial charge in [-0.25, -0.2) is 0 Å². The molecule has 3 rings (SSSR count). The zero-order chi connectivity index (χ0) is 13.1. The molecular weight excluding hydrogens is 228 g/mol. The zero-order valence-electron chi connectivity index (χ0n) is 11.4. The van der Waals surface area contributed by atoms with E-state index in [0.29, 0.717) is 29.5 Å². The van der Waals surface area contributed by atoms with Gasteiger partial charge in [-0.1, -0.05) is 13.8 Å². The number of ketones is 1. The molecule has 18 heavy (non-hydrogen) atoms. The van der Waals surface area contributed by atoms with E-state index in [-0.39, 0.29) is 18.0 Å². The monoisotopic (exact) mass is 250 g/mol. The van der Waals surface area contributed by atoms with E-state index in [1.807, 2.05) is 6.92 Å². The summed E-state index contributed by atoms with van der Waals surface area (Å²) in [6, 6.07) is 0. The largest absolute Gasteiger partial charge is 0.462 e. The Balaban J connectivity index is 1.67. The van der Waals surface area contributed by atoms with Crippen molar-refractivity contribution in [3.05, 3.63) is 0 Å². The molecule has 0 N–H and O–H groups in total. The Morgan fingerprint density at radius 3 is 2.89 bits per heavy atom. The minimum atomic E-state index is -0.00446.